The highest BCUT2D eigenvalue weighted by Gasteiger charge is 2.12. The fourth-order valence-electron chi connectivity index (χ4n) is 1.50. The smallest absolute Gasteiger partial charge is 0.330 e. The molecule has 128 valence electrons. The number of ether oxygens (including phenoxy) is 2. The predicted molar refractivity (Wildman–Crippen MR) is 90.5 cm³/mol. The molecule has 0 aromatic rings. The van der Waals surface area contributed by atoms with Gasteiger partial charge in [-0.05, 0) is 33.1 Å². The third-order valence-corrected chi connectivity index (χ3v) is 2.74. The zero-order chi connectivity index (χ0) is 17.6. The molecule has 0 N–H and O–H groups in total. The van der Waals surface area contributed by atoms with Gasteiger partial charge in [0, 0.05) is 12.2 Å². The fourth-order valence-corrected chi connectivity index (χ4v) is 1.50. The van der Waals surface area contributed by atoms with Crippen LogP contribution in [0.15, 0.2) is 25.3 Å². The van der Waals surface area contributed by atoms with Crippen LogP contribution < -0.4 is 0 Å². The predicted octanol–water partition coefficient (Wildman–Crippen LogP) is 4.45. The number of esters is 2. The van der Waals surface area contributed by atoms with Crippen LogP contribution >= 0.6 is 0 Å². The highest BCUT2D eigenvalue weighted by Crippen LogP contribution is 2.12. The Morgan fingerprint density at radius 1 is 1.09 bits per heavy atom. The third-order valence-electron chi connectivity index (χ3n) is 2.74. The molecule has 0 bridgehead atoms. The Balaban J connectivity index is 0. The highest BCUT2D eigenvalue weighted by atomic mass is 16.6. The van der Waals surface area contributed by atoms with Gasteiger partial charge >= 0.3 is 11.9 Å². The average molecular weight is 312 g/mol. The summed E-state index contributed by atoms with van der Waals surface area (Å²) in [6.45, 7) is 16.9. The van der Waals surface area contributed by atoms with Gasteiger partial charge in [-0.2, -0.15) is 0 Å². The molecule has 0 aromatic heterocycles. The molecule has 0 spiro atoms. The summed E-state index contributed by atoms with van der Waals surface area (Å²) in [5, 5.41) is 0. The number of hydrogen-bond donors (Lipinski definition) is 0. The van der Waals surface area contributed by atoms with Crippen molar-refractivity contribution in [3.63, 3.8) is 0 Å². The van der Waals surface area contributed by atoms with Crippen LogP contribution in [0, 0.1) is 5.92 Å². The van der Waals surface area contributed by atoms with Gasteiger partial charge in [-0.25, -0.2) is 9.59 Å². The van der Waals surface area contributed by atoms with E-state index in [9.17, 15) is 9.59 Å². The van der Waals surface area contributed by atoms with Crippen LogP contribution in [0.4, 0.5) is 0 Å². The van der Waals surface area contributed by atoms with E-state index in [4.69, 9.17) is 9.47 Å². The maximum absolute atomic E-state index is 10.8. The minimum atomic E-state index is -0.398. The highest BCUT2D eigenvalue weighted by molar-refractivity contribution is 5.81. The standard InChI is InChI=1S/C11H20O2.C7H12O2/c1-4-7-8-10(5-2)9-13-11(12)6-3;1-5-6(8)9-7(2,3)4/h6,10H,3-5,7-9H2,1-2H3;5H,1H2,2-4H3. The van der Waals surface area contributed by atoms with E-state index in [1.165, 1.54) is 18.9 Å². The first-order valence-corrected chi connectivity index (χ1v) is 7.84. The van der Waals surface area contributed by atoms with E-state index < -0.39 is 5.60 Å². The zero-order valence-corrected chi connectivity index (χ0v) is 14.8. The molecule has 0 saturated carbocycles. The molecule has 4 heteroatoms. The van der Waals surface area contributed by atoms with Gasteiger partial charge < -0.3 is 9.47 Å². The molecular weight excluding hydrogens is 280 g/mol. The lowest BCUT2D eigenvalue weighted by Gasteiger charge is -2.17. The van der Waals surface area contributed by atoms with Crippen molar-refractivity contribution >= 4 is 11.9 Å². The molecule has 0 radical (unpaired) electrons. The van der Waals surface area contributed by atoms with Crippen molar-refractivity contribution in [3.8, 4) is 0 Å². The zero-order valence-electron chi connectivity index (χ0n) is 14.8. The van der Waals surface area contributed by atoms with Crippen LogP contribution in [0.3, 0.4) is 0 Å². The van der Waals surface area contributed by atoms with Crippen LogP contribution in [0.2, 0.25) is 0 Å². The molecule has 0 heterocycles. The third kappa shape index (κ3) is 16.5. The SMILES string of the molecule is C=CC(=O)OC(C)(C)C.C=CC(=O)OCC(CC)CCCC. The Labute approximate surface area is 135 Å². The monoisotopic (exact) mass is 312 g/mol. The van der Waals surface area contributed by atoms with E-state index in [-0.39, 0.29) is 11.9 Å². The maximum Gasteiger partial charge on any atom is 0.330 e. The average Bonchev–Trinajstić information content (AvgIpc) is 2.46. The summed E-state index contributed by atoms with van der Waals surface area (Å²) in [5.41, 5.74) is -0.398. The summed E-state index contributed by atoms with van der Waals surface area (Å²) < 4.78 is 9.81. The van der Waals surface area contributed by atoms with Crippen LogP contribution in [-0.2, 0) is 19.1 Å². The summed E-state index contributed by atoms with van der Waals surface area (Å²) in [7, 11) is 0. The summed E-state index contributed by atoms with van der Waals surface area (Å²) in [4.78, 5) is 21.3. The van der Waals surface area contributed by atoms with Crippen molar-refractivity contribution in [2.75, 3.05) is 6.61 Å². The van der Waals surface area contributed by atoms with Crippen molar-refractivity contribution in [1.29, 1.82) is 0 Å². The van der Waals surface area contributed by atoms with Gasteiger partial charge in [0.15, 0.2) is 0 Å². The molecule has 4 nitrogen and oxygen atoms in total. The second kappa shape index (κ2) is 13.1. The Kier molecular flexibility index (Phi) is 13.5. The van der Waals surface area contributed by atoms with E-state index >= 15 is 0 Å². The molecule has 0 aromatic carbocycles. The van der Waals surface area contributed by atoms with Crippen molar-refractivity contribution < 1.29 is 19.1 Å². The molecule has 0 aliphatic heterocycles. The summed E-state index contributed by atoms with van der Waals surface area (Å²) in [6.07, 6.45) is 7.01. The first kappa shape index (κ1) is 22.7. The van der Waals surface area contributed by atoms with Crippen molar-refractivity contribution in [2.45, 2.75) is 65.9 Å². The van der Waals surface area contributed by atoms with E-state index in [2.05, 4.69) is 27.0 Å². The fraction of sp³-hybridized carbons (Fsp3) is 0.667. The maximum atomic E-state index is 10.8. The number of carbonyl (C=O) groups excluding carboxylic acids is 2. The lowest BCUT2D eigenvalue weighted by Crippen LogP contribution is -2.22. The van der Waals surface area contributed by atoms with Gasteiger partial charge in [-0.1, -0.05) is 46.3 Å². The summed E-state index contributed by atoms with van der Waals surface area (Å²) in [6, 6.07) is 0. The Bertz CT molecular complexity index is 339. The number of unbranched alkanes of at least 4 members (excludes halogenated alkanes) is 1. The van der Waals surface area contributed by atoms with Crippen LogP contribution in [0.25, 0.3) is 0 Å². The molecule has 0 fully saturated rings. The molecule has 0 aliphatic rings. The minimum absolute atomic E-state index is 0.310. The van der Waals surface area contributed by atoms with E-state index in [1.54, 1.807) is 0 Å². The van der Waals surface area contributed by atoms with Crippen molar-refractivity contribution in [3.05, 3.63) is 25.3 Å². The first-order chi connectivity index (χ1) is 10.2. The van der Waals surface area contributed by atoms with Gasteiger partial charge in [0.05, 0.1) is 6.61 Å². The van der Waals surface area contributed by atoms with E-state index in [0.717, 1.165) is 18.9 Å². The first-order valence-electron chi connectivity index (χ1n) is 7.84. The van der Waals surface area contributed by atoms with E-state index in [1.807, 2.05) is 20.8 Å². The molecule has 1 atom stereocenters. The van der Waals surface area contributed by atoms with Gasteiger partial charge in [0.25, 0.3) is 0 Å². The summed E-state index contributed by atoms with van der Waals surface area (Å²) in [5.74, 6) is -0.165. The Morgan fingerprint density at radius 3 is 1.95 bits per heavy atom. The van der Waals surface area contributed by atoms with Gasteiger partial charge in [-0.15, -0.1) is 0 Å². The number of rotatable bonds is 8. The second-order valence-electron chi connectivity index (χ2n) is 5.99. The normalized spacial score (nSPS) is 11.5. The molecule has 22 heavy (non-hydrogen) atoms. The second-order valence-corrected chi connectivity index (χ2v) is 5.99. The quantitative estimate of drug-likeness (QED) is 0.491. The summed E-state index contributed by atoms with van der Waals surface area (Å²) >= 11 is 0. The topological polar surface area (TPSA) is 52.6 Å². The molecule has 0 amide bonds. The van der Waals surface area contributed by atoms with Gasteiger partial charge in [0.2, 0.25) is 0 Å². The van der Waals surface area contributed by atoms with Crippen LogP contribution in [0.5, 0.6) is 0 Å². The molecule has 0 aliphatic carbocycles. The van der Waals surface area contributed by atoms with Crippen molar-refractivity contribution in [1.82, 2.24) is 0 Å². The van der Waals surface area contributed by atoms with Gasteiger partial charge in [0.1, 0.15) is 5.60 Å². The largest absolute Gasteiger partial charge is 0.462 e. The van der Waals surface area contributed by atoms with E-state index in [0.29, 0.717) is 12.5 Å². The molecule has 0 saturated heterocycles. The Hall–Kier alpha value is -1.58. The van der Waals surface area contributed by atoms with Crippen molar-refractivity contribution in [2.24, 2.45) is 5.92 Å². The lowest BCUT2D eigenvalue weighted by atomic mass is 10.0. The molecule has 1 unspecified atom stereocenters. The molecule has 0 rings (SSSR count). The van der Waals surface area contributed by atoms with Gasteiger partial charge in [-0.3, -0.25) is 0 Å². The lowest BCUT2D eigenvalue weighted by molar-refractivity contribution is -0.148. The Morgan fingerprint density at radius 2 is 1.64 bits per heavy atom. The molecular formula is C18H32O4. The van der Waals surface area contributed by atoms with Crippen LogP contribution in [0.1, 0.15) is 60.3 Å². The number of hydrogen-bond acceptors (Lipinski definition) is 4. The number of carbonyl (C=O) groups is 2. The minimum Gasteiger partial charge on any atom is -0.462 e. The van der Waals surface area contributed by atoms with Crippen LogP contribution in [-0.4, -0.2) is 24.1 Å².